The van der Waals surface area contributed by atoms with Crippen LogP contribution < -0.4 is 16.0 Å². The van der Waals surface area contributed by atoms with E-state index in [1.165, 1.54) is 0 Å². The van der Waals surface area contributed by atoms with Gasteiger partial charge < -0.3 is 26.0 Å². The molecule has 29 heavy (non-hydrogen) atoms. The molecule has 0 atom stereocenters. The average molecular weight is 398 g/mol. The molecule has 9 heteroatoms. The van der Waals surface area contributed by atoms with Crippen molar-refractivity contribution in [3.63, 3.8) is 0 Å². The monoisotopic (exact) mass is 398 g/mol. The van der Waals surface area contributed by atoms with Crippen molar-refractivity contribution in [1.29, 1.82) is 0 Å². The number of urea groups is 1. The Morgan fingerprint density at radius 1 is 1.28 bits per heavy atom. The van der Waals surface area contributed by atoms with Crippen LogP contribution >= 0.6 is 0 Å². The predicted octanol–water partition coefficient (Wildman–Crippen LogP) is 1.10. The van der Waals surface area contributed by atoms with E-state index < -0.39 is 0 Å². The number of anilines is 1. The summed E-state index contributed by atoms with van der Waals surface area (Å²) < 4.78 is 0. The molecule has 3 amide bonds. The first-order valence-corrected chi connectivity index (χ1v) is 10.1. The molecule has 1 aromatic carbocycles. The number of aliphatic hydroxyl groups is 1. The number of para-hydroxylation sites is 1. The molecule has 4 N–H and O–H groups in total. The van der Waals surface area contributed by atoms with Gasteiger partial charge >= 0.3 is 6.03 Å². The van der Waals surface area contributed by atoms with Crippen molar-refractivity contribution in [2.75, 3.05) is 31.5 Å². The van der Waals surface area contributed by atoms with E-state index in [-0.39, 0.29) is 24.1 Å². The van der Waals surface area contributed by atoms with E-state index in [0.29, 0.717) is 43.2 Å². The minimum Gasteiger partial charge on any atom is -0.393 e. The normalized spacial score (nSPS) is 21.8. The number of hydrogen-bond donors (Lipinski definition) is 4. The number of nitrogens with zero attached hydrogens (tertiary/aromatic N) is 3. The molecule has 1 saturated heterocycles. The Labute approximate surface area is 168 Å². The van der Waals surface area contributed by atoms with Gasteiger partial charge in [0.1, 0.15) is 0 Å². The van der Waals surface area contributed by atoms with Crippen LogP contribution in [0.1, 0.15) is 36.0 Å². The summed E-state index contributed by atoms with van der Waals surface area (Å²) in [7, 11) is 0. The molecule has 2 fully saturated rings. The average Bonchev–Trinajstić information content (AvgIpc) is 3.14. The highest BCUT2D eigenvalue weighted by Gasteiger charge is 2.21. The molecular weight excluding hydrogens is 372 g/mol. The Morgan fingerprint density at radius 2 is 2.10 bits per heavy atom. The summed E-state index contributed by atoms with van der Waals surface area (Å²) in [6.45, 7) is 2.15. The van der Waals surface area contributed by atoms with Crippen molar-refractivity contribution in [3.05, 3.63) is 30.0 Å². The number of benzene rings is 1. The number of carbonyl (C=O) groups excluding carboxylic acids is 2. The van der Waals surface area contributed by atoms with Crippen LogP contribution in [0.25, 0.3) is 10.9 Å². The quantitative estimate of drug-likeness (QED) is 0.579. The van der Waals surface area contributed by atoms with Crippen LogP contribution in [0.5, 0.6) is 0 Å². The number of fused-ring (bicyclic) bond motifs is 1. The highest BCUT2D eigenvalue weighted by atomic mass is 16.3. The van der Waals surface area contributed by atoms with Crippen LogP contribution in [0.2, 0.25) is 0 Å². The number of nitrogens with one attached hydrogen (secondary N) is 3. The van der Waals surface area contributed by atoms with Crippen molar-refractivity contribution in [1.82, 2.24) is 25.5 Å². The summed E-state index contributed by atoms with van der Waals surface area (Å²) in [5, 5.41) is 19.4. The van der Waals surface area contributed by atoms with Crippen LogP contribution in [0.3, 0.4) is 0 Å². The number of rotatable bonds is 6. The zero-order valence-corrected chi connectivity index (χ0v) is 16.2. The molecule has 0 spiro atoms. The van der Waals surface area contributed by atoms with E-state index in [9.17, 15) is 14.7 Å². The number of aliphatic hydroxyl groups excluding tert-OH is 1. The maximum Gasteiger partial charge on any atom is 0.317 e. The second-order valence-electron chi connectivity index (χ2n) is 7.56. The Hall–Kier alpha value is -2.94. The Morgan fingerprint density at radius 3 is 2.86 bits per heavy atom. The maximum absolute atomic E-state index is 12.7. The second-order valence-corrected chi connectivity index (χ2v) is 7.56. The van der Waals surface area contributed by atoms with Gasteiger partial charge in [0.2, 0.25) is 5.95 Å². The molecule has 154 valence electrons. The first kappa shape index (κ1) is 19.4. The molecule has 1 aromatic heterocycles. The molecule has 0 radical (unpaired) electrons. The van der Waals surface area contributed by atoms with Gasteiger partial charge in [-0.25, -0.2) is 14.8 Å². The van der Waals surface area contributed by atoms with Gasteiger partial charge in [-0.3, -0.25) is 4.79 Å². The number of amides is 3. The maximum atomic E-state index is 12.7. The Kier molecular flexibility index (Phi) is 5.75. The van der Waals surface area contributed by atoms with Crippen LogP contribution in [0.15, 0.2) is 24.4 Å². The number of aromatic nitrogens is 2. The van der Waals surface area contributed by atoms with Gasteiger partial charge in [-0.2, -0.15) is 0 Å². The summed E-state index contributed by atoms with van der Waals surface area (Å²) in [6.07, 6.45) is 4.78. The molecule has 2 aromatic rings. The van der Waals surface area contributed by atoms with E-state index in [1.807, 2.05) is 12.1 Å². The van der Waals surface area contributed by atoms with Crippen LogP contribution in [0.4, 0.5) is 10.7 Å². The molecule has 0 bridgehead atoms. The largest absolute Gasteiger partial charge is 0.393 e. The standard InChI is InChI=1S/C20H26N6O3/c27-15-6-4-14(5-7-15)24-19-23-12-13-2-1-3-16(17(13)25-19)18(28)21-8-10-26-11-9-22-20(26)29/h1-3,12,14-15,27H,4-11H2,(H,21,28)(H,22,29)(H,23,24,25)/t14-,15-. The van der Waals surface area contributed by atoms with Gasteiger partial charge in [0.25, 0.3) is 5.91 Å². The molecule has 4 rings (SSSR count). The zero-order chi connectivity index (χ0) is 20.2. The lowest BCUT2D eigenvalue weighted by molar-refractivity contribution is 0.0951. The lowest BCUT2D eigenvalue weighted by atomic mass is 9.93. The highest BCUT2D eigenvalue weighted by Crippen LogP contribution is 2.22. The fraction of sp³-hybridized carbons (Fsp3) is 0.500. The fourth-order valence-corrected chi connectivity index (χ4v) is 3.84. The summed E-state index contributed by atoms with van der Waals surface area (Å²) in [6, 6.07) is 5.56. The number of carbonyl (C=O) groups is 2. The van der Waals surface area contributed by atoms with Crippen LogP contribution in [-0.2, 0) is 0 Å². The molecule has 9 nitrogen and oxygen atoms in total. The SMILES string of the molecule is O=C(NCCN1CCNC1=O)c1cccc2cnc(N[C@H]3CC[C@H](O)CC3)nc12. The van der Waals surface area contributed by atoms with Gasteiger partial charge in [-0.15, -0.1) is 0 Å². The van der Waals surface area contributed by atoms with E-state index in [4.69, 9.17) is 0 Å². The highest BCUT2D eigenvalue weighted by molar-refractivity contribution is 6.05. The van der Waals surface area contributed by atoms with Gasteiger partial charge in [-0.1, -0.05) is 12.1 Å². The second kappa shape index (κ2) is 8.60. The van der Waals surface area contributed by atoms with E-state index in [1.54, 1.807) is 17.2 Å². The van der Waals surface area contributed by atoms with Gasteiger partial charge in [0.05, 0.1) is 17.2 Å². The van der Waals surface area contributed by atoms with E-state index in [0.717, 1.165) is 31.1 Å². The third kappa shape index (κ3) is 4.56. The molecule has 2 aliphatic rings. The summed E-state index contributed by atoms with van der Waals surface area (Å²) in [5.41, 5.74) is 1.08. The van der Waals surface area contributed by atoms with E-state index in [2.05, 4.69) is 25.9 Å². The third-order valence-corrected chi connectivity index (χ3v) is 5.50. The van der Waals surface area contributed by atoms with Crippen molar-refractivity contribution in [2.45, 2.75) is 37.8 Å². The molecule has 1 aliphatic carbocycles. The molecule has 0 unspecified atom stereocenters. The zero-order valence-electron chi connectivity index (χ0n) is 16.2. The van der Waals surface area contributed by atoms with Crippen LogP contribution in [0, 0.1) is 0 Å². The van der Waals surface area contributed by atoms with Crippen molar-refractivity contribution in [2.24, 2.45) is 0 Å². The number of hydrogen-bond acceptors (Lipinski definition) is 6. The molecular formula is C20H26N6O3. The smallest absolute Gasteiger partial charge is 0.317 e. The van der Waals surface area contributed by atoms with Crippen LogP contribution in [-0.4, -0.2) is 70.2 Å². The molecule has 1 saturated carbocycles. The molecule has 1 aliphatic heterocycles. The predicted molar refractivity (Wildman–Crippen MR) is 109 cm³/mol. The Balaban J connectivity index is 1.43. The minimum absolute atomic E-state index is 0.0944. The molecule has 2 heterocycles. The lowest BCUT2D eigenvalue weighted by Gasteiger charge is -2.26. The minimum atomic E-state index is -0.222. The van der Waals surface area contributed by atoms with Gasteiger partial charge in [0.15, 0.2) is 0 Å². The van der Waals surface area contributed by atoms with Crippen molar-refractivity contribution in [3.8, 4) is 0 Å². The first-order valence-electron chi connectivity index (χ1n) is 10.1. The van der Waals surface area contributed by atoms with E-state index >= 15 is 0 Å². The van der Waals surface area contributed by atoms with Crippen molar-refractivity contribution < 1.29 is 14.7 Å². The summed E-state index contributed by atoms with van der Waals surface area (Å²) in [4.78, 5) is 34.9. The fourth-order valence-electron chi connectivity index (χ4n) is 3.84. The third-order valence-electron chi connectivity index (χ3n) is 5.50. The first-order chi connectivity index (χ1) is 14.1. The van der Waals surface area contributed by atoms with Crippen molar-refractivity contribution >= 4 is 28.8 Å². The lowest BCUT2D eigenvalue weighted by Crippen LogP contribution is -2.36. The Bertz CT molecular complexity index is 897. The summed E-state index contributed by atoms with van der Waals surface area (Å²) >= 11 is 0. The topological polar surface area (TPSA) is 119 Å². The van der Waals surface area contributed by atoms with Gasteiger partial charge in [-0.05, 0) is 31.7 Å². The summed E-state index contributed by atoms with van der Waals surface area (Å²) in [5.74, 6) is 0.272. The van der Waals surface area contributed by atoms with Gasteiger partial charge in [0, 0.05) is 43.8 Å².